The summed E-state index contributed by atoms with van der Waals surface area (Å²) in [6.07, 6.45) is 1.66. The van der Waals surface area contributed by atoms with Crippen LogP contribution in [-0.4, -0.2) is 6.29 Å². The largest absolute Gasteiger partial charge is 0.303 e. The summed E-state index contributed by atoms with van der Waals surface area (Å²) >= 11 is 3.16. The second-order valence-corrected chi connectivity index (χ2v) is 2.96. The summed E-state index contributed by atoms with van der Waals surface area (Å²) in [5, 5.41) is 0. The fourth-order valence-electron chi connectivity index (χ4n) is 0.397. The molecule has 0 fully saturated rings. The highest BCUT2D eigenvalue weighted by atomic mass is 79.9. The molecule has 0 aliphatic rings. The van der Waals surface area contributed by atoms with Gasteiger partial charge in [0.05, 0.1) is 0 Å². The Balaban J connectivity index is 3.38. The van der Waals surface area contributed by atoms with Gasteiger partial charge in [-0.3, -0.25) is 0 Å². The highest BCUT2D eigenvalue weighted by Crippen LogP contribution is 2.12. The van der Waals surface area contributed by atoms with Gasteiger partial charge in [0.15, 0.2) is 0 Å². The van der Waals surface area contributed by atoms with E-state index in [0.29, 0.717) is 0 Å². The first-order valence-electron chi connectivity index (χ1n) is 2.45. The first-order chi connectivity index (χ1) is 3.66. The second-order valence-electron chi connectivity index (χ2n) is 1.83. The zero-order valence-corrected chi connectivity index (χ0v) is 6.44. The van der Waals surface area contributed by atoms with Gasteiger partial charge in [-0.25, -0.2) is 0 Å². The smallest absolute Gasteiger partial charge is 0.123 e. The quantitative estimate of drug-likeness (QED) is 0.603. The van der Waals surface area contributed by atoms with Gasteiger partial charge in [-0.05, 0) is 10.9 Å². The van der Waals surface area contributed by atoms with Crippen molar-refractivity contribution in [3.63, 3.8) is 0 Å². The van der Waals surface area contributed by atoms with Crippen LogP contribution in [0.4, 0.5) is 0 Å². The summed E-state index contributed by atoms with van der Waals surface area (Å²) in [6, 6.07) is 0. The number of allylic oxidation sites excluding steroid dienone is 1. The van der Waals surface area contributed by atoms with E-state index in [0.717, 1.165) is 17.2 Å². The van der Waals surface area contributed by atoms with E-state index < -0.39 is 0 Å². The summed E-state index contributed by atoms with van der Waals surface area (Å²) in [7, 11) is 0. The van der Waals surface area contributed by atoms with E-state index in [4.69, 9.17) is 0 Å². The number of hydrogen-bond acceptors (Lipinski definition) is 1. The Hall–Kier alpha value is -0.110. The molecule has 0 N–H and O–H groups in total. The Kier molecular flexibility index (Phi) is 3.79. The SMILES string of the molecule is C=C(Br)CC(C)C=O. The van der Waals surface area contributed by atoms with Crippen LogP contribution < -0.4 is 0 Å². The molecule has 0 spiro atoms. The lowest BCUT2D eigenvalue weighted by Crippen LogP contribution is -1.93. The van der Waals surface area contributed by atoms with E-state index in [2.05, 4.69) is 22.5 Å². The molecule has 0 bridgehead atoms. The maximum absolute atomic E-state index is 9.98. The van der Waals surface area contributed by atoms with E-state index >= 15 is 0 Å². The second kappa shape index (κ2) is 3.84. The highest BCUT2D eigenvalue weighted by molar-refractivity contribution is 9.11. The fourth-order valence-corrected chi connectivity index (χ4v) is 0.908. The van der Waals surface area contributed by atoms with Crippen molar-refractivity contribution in [1.82, 2.24) is 0 Å². The first kappa shape index (κ1) is 7.89. The van der Waals surface area contributed by atoms with Crippen LogP contribution in [0.15, 0.2) is 11.1 Å². The molecule has 0 aliphatic heterocycles. The Bertz CT molecular complexity index is 98.7. The number of carbonyl (C=O) groups is 1. The molecule has 0 rings (SSSR count). The van der Waals surface area contributed by atoms with Gasteiger partial charge < -0.3 is 4.79 Å². The molecule has 1 nitrogen and oxygen atoms in total. The summed E-state index contributed by atoms with van der Waals surface area (Å²) < 4.78 is 0.886. The maximum Gasteiger partial charge on any atom is 0.123 e. The Labute approximate surface area is 57.9 Å². The molecule has 1 unspecified atom stereocenters. The summed E-state index contributed by atoms with van der Waals surface area (Å²) in [5.74, 6) is 0.0990. The average Bonchev–Trinajstić information content (AvgIpc) is 1.65. The zero-order valence-electron chi connectivity index (χ0n) is 4.86. The van der Waals surface area contributed by atoms with E-state index in [1.807, 2.05) is 6.92 Å². The van der Waals surface area contributed by atoms with Crippen LogP contribution in [0.2, 0.25) is 0 Å². The summed E-state index contributed by atoms with van der Waals surface area (Å²) in [4.78, 5) is 9.98. The monoisotopic (exact) mass is 176 g/mol. The van der Waals surface area contributed by atoms with E-state index in [1.54, 1.807) is 0 Å². The molecule has 1 atom stereocenters. The number of hydrogen-bond donors (Lipinski definition) is 0. The lowest BCUT2D eigenvalue weighted by Gasteiger charge is -1.97. The predicted molar refractivity (Wildman–Crippen MR) is 37.9 cm³/mol. The topological polar surface area (TPSA) is 17.1 Å². The van der Waals surface area contributed by atoms with Crippen molar-refractivity contribution >= 4 is 22.2 Å². The first-order valence-corrected chi connectivity index (χ1v) is 3.24. The predicted octanol–water partition coefficient (Wildman–Crippen LogP) is 2.12. The van der Waals surface area contributed by atoms with Gasteiger partial charge in [-0.15, -0.1) is 0 Å². The van der Waals surface area contributed by atoms with Gasteiger partial charge in [0.2, 0.25) is 0 Å². The van der Waals surface area contributed by atoms with Crippen molar-refractivity contribution < 1.29 is 4.79 Å². The van der Waals surface area contributed by atoms with Crippen LogP contribution in [0.3, 0.4) is 0 Å². The zero-order chi connectivity index (χ0) is 6.57. The molecule has 0 aromatic rings. The average molecular weight is 177 g/mol. The van der Waals surface area contributed by atoms with E-state index in [9.17, 15) is 4.79 Å². The van der Waals surface area contributed by atoms with Gasteiger partial charge in [0, 0.05) is 5.92 Å². The Morgan fingerprint density at radius 1 is 2.00 bits per heavy atom. The Morgan fingerprint density at radius 2 is 2.50 bits per heavy atom. The maximum atomic E-state index is 9.98. The van der Waals surface area contributed by atoms with Gasteiger partial charge in [-0.2, -0.15) is 0 Å². The molecular formula is C6H9BrO. The normalized spacial score (nSPS) is 12.8. The van der Waals surface area contributed by atoms with Gasteiger partial charge in [-0.1, -0.05) is 29.4 Å². The van der Waals surface area contributed by atoms with Crippen molar-refractivity contribution in [2.24, 2.45) is 5.92 Å². The molecule has 0 saturated heterocycles. The van der Waals surface area contributed by atoms with E-state index in [-0.39, 0.29) is 5.92 Å². The minimum atomic E-state index is 0.0990. The number of rotatable bonds is 3. The van der Waals surface area contributed by atoms with Crippen molar-refractivity contribution in [2.75, 3.05) is 0 Å². The third-order valence-corrected chi connectivity index (χ3v) is 1.10. The fraction of sp³-hybridized carbons (Fsp3) is 0.500. The van der Waals surface area contributed by atoms with Gasteiger partial charge >= 0.3 is 0 Å². The third kappa shape index (κ3) is 4.06. The van der Waals surface area contributed by atoms with Crippen molar-refractivity contribution in [3.05, 3.63) is 11.1 Å². The summed E-state index contributed by atoms with van der Waals surface area (Å²) in [5.41, 5.74) is 0. The molecule has 2 heteroatoms. The molecule has 0 heterocycles. The minimum Gasteiger partial charge on any atom is -0.303 e. The molecule has 0 aliphatic carbocycles. The van der Waals surface area contributed by atoms with Crippen molar-refractivity contribution in [3.8, 4) is 0 Å². The molecule has 46 valence electrons. The molecular weight excluding hydrogens is 168 g/mol. The number of halogens is 1. The van der Waals surface area contributed by atoms with Crippen LogP contribution in [0.1, 0.15) is 13.3 Å². The number of carbonyl (C=O) groups excluding carboxylic acids is 1. The lowest BCUT2D eigenvalue weighted by molar-refractivity contribution is -0.110. The molecule has 0 aromatic heterocycles. The van der Waals surface area contributed by atoms with Crippen LogP contribution >= 0.6 is 15.9 Å². The Morgan fingerprint density at radius 3 is 2.62 bits per heavy atom. The van der Waals surface area contributed by atoms with Crippen LogP contribution in [0, 0.1) is 5.92 Å². The van der Waals surface area contributed by atoms with Crippen LogP contribution in [0.5, 0.6) is 0 Å². The van der Waals surface area contributed by atoms with Gasteiger partial charge in [0.1, 0.15) is 6.29 Å². The van der Waals surface area contributed by atoms with Crippen molar-refractivity contribution in [2.45, 2.75) is 13.3 Å². The molecule has 0 amide bonds. The van der Waals surface area contributed by atoms with Gasteiger partial charge in [0.25, 0.3) is 0 Å². The van der Waals surface area contributed by atoms with Crippen molar-refractivity contribution in [1.29, 1.82) is 0 Å². The minimum absolute atomic E-state index is 0.0990. The third-order valence-electron chi connectivity index (χ3n) is 0.776. The lowest BCUT2D eigenvalue weighted by atomic mass is 10.1. The summed E-state index contributed by atoms with van der Waals surface area (Å²) in [6.45, 7) is 5.46. The van der Waals surface area contributed by atoms with Crippen LogP contribution in [-0.2, 0) is 4.79 Å². The van der Waals surface area contributed by atoms with Crippen LogP contribution in [0.25, 0.3) is 0 Å². The molecule has 8 heavy (non-hydrogen) atoms. The molecule has 0 saturated carbocycles. The molecule has 0 aromatic carbocycles. The highest BCUT2D eigenvalue weighted by Gasteiger charge is 1.97. The standard InChI is InChI=1S/C6H9BrO/c1-5(4-8)3-6(2)7/h4-5H,2-3H2,1H3. The number of aldehydes is 1. The molecule has 0 radical (unpaired) electrons. The van der Waals surface area contributed by atoms with E-state index in [1.165, 1.54) is 0 Å².